The Labute approximate surface area is 126 Å². The number of hydrogen-bond acceptors (Lipinski definition) is 4. The zero-order valence-electron chi connectivity index (χ0n) is 9.70. The summed E-state index contributed by atoms with van der Waals surface area (Å²) in [7, 11) is -3.78. The van der Waals surface area contributed by atoms with E-state index in [1.165, 1.54) is 12.1 Å². The van der Waals surface area contributed by atoms with Crippen LogP contribution in [0.4, 0.5) is 0 Å². The van der Waals surface area contributed by atoms with Crippen molar-refractivity contribution in [2.45, 2.75) is 4.90 Å². The van der Waals surface area contributed by atoms with Gasteiger partial charge in [0.05, 0.1) is 28.3 Å². The first-order chi connectivity index (χ1) is 8.90. The van der Waals surface area contributed by atoms with Crippen LogP contribution in [0.1, 0.15) is 0 Å². The first-order valence-electron chi connectivity index (χ1n) is 5.40. The number of hydrazine groups is 1. The van der Waals surface area contributed by atoms with Crippen LogP contribution in [0.15, 0.2) is 17.0 Å². The summed E-state index contributed by atoms with van der Waals surface area (Å²) >= 11 is 17.5. The standard InChI is InChI=1S/C10H11Cl3N2O3S/c11-7-5-9(13)10(6-8(7)12)19(16,17)14-15-1-3-18-4-2-15/h5-6,14H,1-4H2. The molecule has 0 saturated carbocycles. The molecule has 19 heavy (non-hydrogen) atoms. The topological polar surface area (TPSA) is 58.6 Å². The lowest BCUT2D eigenvalue weighted by molar-refractivity contribution is 0.0272. The molecule has 1 aromatic carbocycles. The van der Waals surface area contributed by atoms with Gasteiger partial charge in [-0.1, -0.05) is 34.8 Å². The van der Waals surface area contributed by atoms with Crippen molar-refractivity contribution >= 4 is 44.8 Å². The monoisotopic (exact) mass is 344 g/mol. The fourth-order valence-electron chi connectivity index (χ4n) is 1.58. The number of nitrogens with zero attached hydrogens (tertiary/aromatic N) is 1. The molecule has 0 aliphatic carbocycles. The van der Waals surface area contributed by atoms with Crippen molar-refractivity contribution in [2.75, 3.05) is 26.3 Å². The number of rotatable bonds is 3. The summed E-state index contributed by atoms with van der Waals surface area (Å²) in [4.78, 5) is 2.34. The number of halogens is 3. The Morgan fingerprint density at radius 2 is 1.63 bits per heavy atom. The number of nitrogens with one attached hydrogen (secondary N) is 1. The van der Waals surface area contributed by atoms with Gasteiger partial charge in [0, 0.05) is 13.1 Å². The second-order valence-electron chi connectivity index (χ2n) is 3.89. The highest BCUT2D eigenvalue weighted by atomic mass is 35.5. The normalized spacial score (nSPS) is 17.6. The maximum atomic E-state index is 12.2. The summed E-state index contributed by atoms with van der Waals surface area (Å²) in [5.74, 6) is 0. The number of hydrogen-bond donors (Lipinski definition) is 1. The van der Waals surface area contributed by atoms with Gasteiger partial charge in [0.2, 0.25) is 0 Å². The van der Waals surface area contributed by atoms with Crippen molar-refractivity contribution in [2.24, 2.45) is 0 Å². The lowest BCUT2D eigenvalue weighted by Gasteiger charge is -2.26. The molecule has 1 aliphatic heterocycles. The van der Waals surface area contributed by atoms with Crippen LogP contribution in [0.3, 0.4) is 0 Å². The van der Waals surface area contributed by atoms with E-state index >= 15 is 0 Å². The highest BCUT2D eigenvalue weighted by molar-refractivity contribution is 7.89. The third kappa shape index (κ3) is 3.72. The van der Waals surface area contributed by atoms with E-state index in [0.29, 0.717) is 26.3 Å². The smallest absolute Gasteiger partial charge is 0.254 e. The predicted octanol–water partition coefficient (Wildman–Crippen LogP) is 2.17. The van der Waals surface area contributed by atoms with E-state index in [0.717, 1.165) is 0 Å². The fourth-order valence-corrected chi connectivity index (χ4v) is 3.71. The molecular weight excluding hydrogens is 335 g/mol. The average Bonchev–Trinajstić information content (AvgIpc) is 2.34. The van der Waals surface area contributed by atoms with E-state index in [-0.39, 0.29) is 20.0 Å². The van der Waals surface area contributed by atoms with Crippen molar-refractivity contribution in [3.63, 3.8) is 0 Å². The van der Waals surface area contributed by atoms with Crippen LogP contribution >= 0.6 is 34.8 Å². The van der Waals surface area contributed by atoms with E-state index < -0.39 is 10.0 Å². The number of ether oxygens (including phenoxy) is 1. The first-order valence-corrected chi connectivity index (χ1v) is 8.01. The predicted molar refractivity (Wildman–Crippen MR) is 74.2 cm³/mol. The molecule has 1 fully saturated rings. The Hall–Kier alpha value is -0.0800. The van der Waals surface area contributed by atoms with Gasteiger partial charge in [-0.2, -0.15) is 0 Å². The third-order valence-electron chi connectivity index (χ3n) is 2.52. The van der Waals surface area contributed by atoms with Crippen molar-refractivity contribution in [1.29, 1.82) is 0 Å². The van der Waals surface area contributed by atoms with Crippen molar-refractivity contribution in [3.8, 4) is 0 Å². The molecular formula is C10H11Cl3N2O3S. The van der Waals surface area contributed by atoms with Crippen molar-refractivity contribution in [3.05, 3.63) is 27.2 Å². The summed E-state index contributed by atoms with van der Waals surface area (Å²) in [6.45, 7) is 1.88. The highest BCUT2D eigenvalue weighted by Gasteiger charge is 2.23. The second kappa shape index (κ2) is 6.13. The average molecular weight is 346 g/mol. The fraction of sp³-hybridized carbons (Fsp3) is 0.400. The molecule has 1 N–H and O–H groups in total. The van der Waals surface area contributed by atoms with Gasteiger partial charge in [-0.05, 0) is 12.1 Å². The Morgan fingerprint density at radius 3 is 2.26 bits per heavy atom. The molecule has 5 nitrogen and oxygen atoms in total. The Balaban J connectivity index is 2.26. The molecule has 0 amide bonds. The van der Waals surface area contributed by atoms with Gasteiger partial charge < -0.3 is 4.74 Å². The van der Waals surface area contributed by atoms with Gasteiger partial charge in [0.15, 0.2) is 0 Å². The number of benzene rings is 1. The third-order valence-corrected chi connectivity index (χ3v) is 5.09. The zero-order valence-corrected chi connectivity index (χ0v) is 12.8. The van der Waals surface area contributed by atoms with Crippen LogP contribution in [0, 0.1) is 0 Å². The molecule has 0 unspecified atom stereocenters. The van der Waals surface area contributed by atoms with E-state index in [9.17, 15) is 8.42 Å². The van der Waals surface area contributed by atoms with Crippen LogP contribution in [0.25, 0.3) is 0 Å². The highest BCUT2D eigenvalue weighted by Crippen LogP contribution is 2.31. The molecule has 1 aromatic rings. The summed E-state index contributed by atoms with van der Waals surface area (Å²) in [6, 6.07) is 2.54. The summed E-state index contributed by atoms with van der Waals surface area (Å²) in [5, 5.41) is 1.91. The van der Waals surface area contributed by atoms with Gasteiger partial charge in [-0.15, -0.1) is 4.83 Å². The molecule has 0 radical (unpaired) electrons. The molecule has 9 heteroatoms. The van der Waals surface area contributed by atoms with Crippen LogP contribution < -0.4 is 4.83 Å². The lowest BCUT2D eigenvalue weighted by atomic mass is 10.4. The molecule has 0 atom stereocenters. The molecule has 1 aliphatic rings. The lowest BCUT2D eigenvalue weighted by Crippen LogP contribution is -2.48. The zero-order chi connectivity index (χ0) is 14.0. The van der Waals surface area contributed by atoms with E-state index in [1.807, 2.05) is 0 Å². The summed E-state index contributed by atoms with van der Waals surface area (Å²) < 4.78 is 29.5. The molecule has 2 rings (SSSR count). The van der Waals surface area contributed by atoms with Crippen LogP contribution in [-0.2, 0) is 14.8 Å². The maximum Gasteiger partial charge on any atom is 0.254 e. The summed E-state index contributed by atoms with van der Waals surface area (Å²) in [6.07, 6.45) is 0. The van der Waals surface area contributed by atoms with E-state index in [2.05, 4.69) is 4.83 Å². The molecule has 0 bridgehead atoms. The molecule has 0 spiro atoms. The van der Waals surface area contributed by atoms with Gasteiger partial charge in [-0.25, -0.2) is 13.4 Å². The van der Waals surface area contributed by atoms with Crippen LogP contribution in [-0.4, -0.2) is 39.7 Å². The minimum atomic E-state index is -3.78. The summed E-state index contributed by atoms with van der Waals surface area (Å²) in [5.41, 5.74) is 0. The Morgan fingerprint density at radius 1 is 1.05 bits per heavy atom. The minimum Gasteiger partial charge on any atom is -0.379 e. The molecule has 1 saturated heterocycles. The van der Waals surface area contributed by atoms with Crippen LogP contribution in [0.2, 0.25) is 15.1 Å². The van der Waals surface area contributed by atoms with Crippen molar-refractivity contribution in [1.82, 2.24) is 9.84 Å². The van der Waals surface area contributed by atoms with Gasteiger partial charge in [0.25, 0.3) is 10.0 Å². The number of sulfonamides is 1. The van der Waals surface area contributed by atoms with Crippen LogP contribution in [0.5, 0.6) is 0 Å². The molecule has 106 valence electrons. The minimum absolute atomic E-state index is 0.0233. The SMILES string of the molecule is O=S(=O)(NN1CCOCC1)c1cc(Cl)c(Cl)cc1Cl. The Bertz CT molecular complexity index is 574. The number of morpholine rings is 1. The van der Waals surface area contributed by atoms with Crippen molar-refractivity contribution < 1.29 is 13.2 Å². The van der Waals surface area contributed by atoms with E-state index in [1.54, 1.807) is 5.01 Å². The molecule has 0 aromatic heterocycles. The van der Waals surface area contributed by atoms with Gasteiger partial charge >= 0.3 is 0 Å². The first kappa shape index (κ1) is 15.3. The second-order valence-corrected chi connectivity index (χ2v) is 6.74. The molecule has 1 heterocycles. The van der Waals surface area contributed by atoms with E-state index in [4.69, 9.17) is 39.5 Å². The largest absolute Gasteiger partial charge is 0.379 e. The van der Waals surface area contributed by atoms with Gasteiger partial charge in [0.1, 0.15) is 4.90 Å². The maximum absolute atomic E-state index is 12.2. The quantitative estimate of drug-likeness (QED) is 0.853. The van der Waals surface area contributed by atoms with Gasteiger partial charge in [-0.3, -0.25) is 0 Å². The Kier molecular flexibility index (Phi) is 4.94.